The lowest BCUT2D eigenvalue weighted by Crippen LogP contribution is -2.22. The zero-order valence-electron chi connectivity index (χ0n) is 11.5. The molecule has 0 aromatic heterocycles. The van der Waals surface area contributed by atoms with Crippen LogP contribution in [0.5, 0.6) is 0 Å². The number of hydrogen-bond acceptors (Lipinski definition) is 2. The smallest absolute Gasteiger partial charge is 0.237 e. The van der Waals surface area contributed by atoms with Crippen molar-refractivity contribution in [2.45, 2.75) is 17.9 Å². The van der Waals surface area contributed by atoms with E-state index in [1.165, 1.54) is 5.56 Å². The van der Waals surface area contributed by atoms with Crippen molar-refractivity contribution in [1.82, 2.24) is 0 Å². The number of hydrogen-bond donors (Lipinski definition) is 1. The van der Waals surface area contributed by atoms with Crippen LogP contribution in [-0.4, -0.2) is 11.2 Å². The first kappa shape index (κ1) is 16.2. The third-order valence-corrected chi connectivity index (χ3v) is 4.85. The van der Waals surface area contributed by atoms with Crippen molar-refractivity contribution in [3.63, 3.8) is 0 Å². The molecule has 1 N–H and O–H groups in total. The van der Waals surface area contributed by atoms with Crippen molar-refractivity contribution in [1.29, 1.82) is 0 Å². The van der Waals surface area contributed by atoms with E-state index < -0.39 is 0 Å². The lowest BCUT2D eigenvalue weighted by atomic mass is 10.2. The van der Waals surface area contributed by atoms with Gasteiger partial charge in [0.15, 0.2) is 0 Å². The molecule has 5 heteroatoms. The molecule has 21 heavy (non-hydrogen) atoms. The molecule has 2 nitrogen and oxygen atoms in total. The summed E-state index contributed by atoms with van der Waals surface area (Å²) in [6, 6.07) is 15.1. The first-order chi connectivity index (χ1) is 10.1. The molecule has 2 rings (SSSR count). The number of benzene rings is 2. The number of halogens is 2. The molecule has 0 unspecified atom stereocenters. The van der Waals surface area contributed by atoms with E-state index in [1.54, 1.807) is 30.0 Å². The van der Waals surface area contributed by atoms with Gasteiger partial charge in [0, 0.05) is 11.4 Å². The van der Waals surface area contributed by atoms with Crippen LogP contribution < -0.4 is 5.32 Å². The van der Waals surface area contributed by atoms with Gasteiger partial charge in [-0.25, -0.2) is 0 Å². The number of carbonyl (C=O) groups excluding carboxylic acids is 1. The molecule has 0 radical (unpaired) electrons. The van der Waals surface area contributed by atoms with E-state index >= 15 is 0 Å². The van der Waals surface area contributed by atoms with E-state index in [2.05, 4.69) is 17.4 Å². The summed E-state index contributed by atoms with van der Waals surface area (Å²) in [7, 11) is 0. The minimum Gasteiger partial charge on any atom is -0.325 e. The van der Waals surface area contributed by atoms with E-state index in [4.69, 9.17) is 23.2 Å². The zero-order chi connectivity index (χ0) is 15.2. The molecule has 0 heterocycles. The lowest BCUT2D eigenvalue weighted by molar-refractivity contribution is -0.115. The molecule has 0 fully saturated rings. The Kier molecular flexibility index (Phi) is 5.97. The summed E-state index contributed by atoms with van der Waals surface area (Å²) in [5.41, 5.74) is 1.86. The SMILES string of the molecule is C[C@@H](SCc1ccccc1)C(=O)Nc1ccc(Cl)c(Cl)c1. The molecule has 0 saturated heterocycles. The van der Waals surface area contributed by atoms with Gasteiger partial charge in [-0.3, -0.25) is 4.79 Å². The number of thioether (sulfide) groups is 1. The third-order valence-electron chi connectivity index (χ3n) is 2.90. The van der Waals surface area contributed by atoms with Crippen molar-refractivity contribution in [3.05, 3.63) is 64.1 Å². The Morgan fingerprint density at radius 1 is 1.14 bits per heavy atom. The number of amides is 1. The molecule has 0 aliphatic heterocycles. The van der Waals surface area contributed by atoms with Crippen molar-refractivity contribution in [2.24, 2.45) is 0 Å². The highest BCUT2D eigenvalue weighted by molar-refractivity contribution is 7.99. The summed E-state index contributed by atoms with van der Waals surface area (Å²) in [6.07, 6.45) is 0. The van der Waals surface area contributed by atoms with Crippen LogP contribution in [0, 0.1) is 0 Å². The van der Waals surface area contributed by atoms with Gasteiger partial charge in [0.1, 0.15) is 0 Å². The predicted octanol–water partition coefficient (Wildman–Crippen LogP) is 5.25. The third kappa shape index (κ3) is 4.95. The van der Waals surface area contributed by atoms with Gasteiger partial charge >= 0.3 is 0 Å². The average molecular weight is 340 g/mol. The van der Waals surface area contributed by atoms with E-state index in [1.807, 2.05) is 25.1 Å². The van der Waals surface area contributed by atoms with Crippen molar-refractivity contribution in [3.8, 4) is 0 Å². The molecular formula is C16H15Cl2NOS. The summed E-state index contributed by atoms with van der Waals surface area (Å²) in [5, 5.41) is 3.59. The molecule has 0 bridgehead atoms. The van der Waals surface area contributed by atoms with Gasteiger partial charge in [-0.15, -0.1) is 11.8 Å². The van der Waals surface area contributed by atoms with E-state index in [0.717, 1.165) is 5.75 Å². The van der Waals surface area contributed by atoms with E-state index in [9.17, 15) is 4.79 Å². The van der Waals surface area contributed by atoms with Crippen molar-refractivity contribution >= 4 is 46.6 Å². The largest absolute Gasteiger partial charge is 0.325 e. The number of carbonyl (C=O) groups is 1. The van der Waals surface area contributed by atoms with E-state index in [-0.39, 0.29) is 11.2 Å². The molecule has 0 spiro atoms. The van der Waals surface area contributed by atoms with Gasteiger partial charge in [0.2, 0.25) is 5.91 Å². The number of rotatable bonds is 5. The molecule has 2 aromatic rings. The Morgan fingerprint density at radius 2 is 1.86 bits per heavy atom. The normalized spacial score (nSPS) is 12.0. The van der Waals surface area contributed by atoms with Gasteiger partial charge in [0.05, 0.1) is 15.3 Å². The van der Waals surface area contributed by atoms with Gasteiger partial charge in [-0.2, -0.15) is 0 Å². The van der Waals surface area contributed by atoms with Crippen molar-refractivity contribution < 1.29 is 4.79 Å². The van der Waals surface area contributed by atoms with Gasteiger partial charge < -0.3 is 5.32 Å². The van der Waals surface area contributed by atoms with E-state index in [0.29, 0.717) is 15.7 Å². The van der Waals surface area contributed by atoms with Crippen LogP contribution in [0.3, 0.4) is 0 Å². The maximum atomic E-state index is 12.1. The van der Waals surface area contributed by atoms with Gasteiger partial charge in [-0.05, 0) is 30.7 Å². The van der Waals surface area contributed by atoms with Gasteiger partial charge in [0.25, 0.3) is 0 Å². The minimum atomic E-state index is -0.153. The second-order valence-corrected chi connectivity index (χ2v) is 6.70. The highest BCUT2D eigenvalue weighted by atomic mass is 35.5. The molecule has 0 saturated carbocycles. The quantitative estimate of drug-likeness (QED) is 0.805. The summed E-state index contributed by atoms with van der Waals surface area (Å²) >= 11 is 13.4. The summed E-state index contributed by atoms with van der Waals surface area (Å²) < 4.78 is 0. The fraction of sp³-hybridized carbons (Fsp3) is 0.188. The lowest BCUT2D eigenvalue weighted by Gasteiger charge is -2.12. The molecule has 0 aliphatic carbocycles. The summed E-state index contributed by atoms with van der Waals surface area (Å²) in [4.78, 5) is 12.1. The minimum absolute atomic E-state index is 0.0469. The Labute approximate surface area is 138 Å². The van der Waals surface area contributed by atoms with Crippen LogP contribution in [0.15, 0.2) is 48.5 Å². The van der Waals surface area contributed by atoms with Crippen LogP contribution in [0.25, 0.3) is 0 Å². The first-order valence-electron chi connectivity index (χ1n) is 6.47. The topological polar surface area (TPSA) is 29.1 Å². The predicted molar refractivity (Wildman–Crippen MR) is 92.3 cm³/mol. The Hall–Kier alpha value is -1.16. The second-order valence-electron chi connectivity index (χ2n) is 4.56. The molecule has 0 aliphatic rings. The van der Waals surface area contributed by atoms with Crippen molar-refractivity contribution in [2.75, 3.05) is 5.32 Å². The van der Waals surface area contributed by atoms with Crippen LogP contribution in [0.4, 0.5) is 5.69 Å². The standard InChI is InChI=1S/C16H15Cl2NOS/c1-11(21-10-12-5-3-2-4-6-12)16(20)19-13-7-8-14(17)15(18)9-13/h2-9,11H,10H2,1H3,(H,19,20)/t11-/m1/s1. The molecule has 110 valence electrons. The zero-order valence-corrected chi connectivity index (χ0v) is 13.8. The monoisotopic (exact) mass is 339 g/mol. The molecule has 1 amide bonds. The second kappa shape index (κ2) is 7.74. The Bertz CT molecular complexity index is 619. The first-order valence-corrected chi connectivity index (χ1v) is 8.28. The fourth-order valence-electron chi connectivity index (χ4n) is 1.69. The maximum Gasteiger partial charge on any atom is 0.237 e. The number of nitrogens with one attached hydrogen (secondary N) is 1. The summed E-state index contributed by atoms with van der Waals surface area (Å²) in [5.74, 6) is 0.755. The number of anilines is 1. The van der Waals surface area contributed by atoms with Crippen LogP contribution >= 0.6 is 35.0 Å². The van der Waals surface area contributed by atoms with Crippen LogP contribution in [-0.2, 0) is 10.5 Å². The Morgan fingerprint density at radius 3 is 2.52 bits per heavy atom. The highest BCUT2D eigenvalue weighted by Gasteiger charge is 2.14. The summed E-state index contributed by atoms with van der Waals surface area (Å²) in [6.45, 7) is 1.89. The highest BCUT2D eigenvalue weighted by Crippen LogP contribution is 2.26. The molecule has 2 aromatic carbocycles. The average Bonchev–Trinajstić information content (AvgIpc) is 2.49. The van der Waals surface area contributed by atoms with Crippen LogP contribution in [0.2, 0.25) is 10.0 Å². The molecular weight excluding hydrogens is 325 g/mol. The molecule has 1 atom stereocenters. The van der Waals surface area contributed by atoms with Crippen LogP contribution in [0.1, 0.15) is 12.5 Å². The Balaban J connectivity index is 1.89. The maximum absolute atomic E-state index is 12.1. The fourth-order valence-corrected chi connectivity index (χ4v) is 2.83. The van der Waals surface area contributed by atoms with Gasteiger partial charge in [-0.1, -0.05) is 53.5 Å².